The average Bonchev–Trinajstić information content (AvgIpc) is 2.86. The van der Waals surface area contributed by atoms with Crippen molar-refractivity contribution in [3.05, 3.63) is 41.2 Å². The van der Waals surface area contributed by atoms with Crippen molar-refractivity contribution in [2.75, 3.05) is 13.2 Å². The number of carbonyl (C=O) groups is 1. The second kappa shape index (κ2) is 5.71. The van der Waals surface area contributed by atoms with Gasteiger partial charge in [-0.2, -0.15) is 5.10 Å². The van der Waals surface area contributed by atoms with Crippen LogP contribution >= 0.6 is 0 Å². The van der Waals surface area contributed by atoms with Crippen molar-refractivity contribution in [1.82, 2.24) is 15.1 Å². The van der Waals surface area contributed by atoms with Gasteiger partial charge in [-0.1, -0.05) is 6.07 Å². The maximum atomic E-state index is 12.3. The third-order valence-electron chi connectivity index (χ3n) is 3.89. The predicted molar refractivity (Wildman–Crippen MR) is 81.3 cm³/mol. The van der Waals surface area contributed by atoms with E-state index in [0.29, 0.717) is 18.8 Å². The molecular formula is C16H19N3O3. The van der Waals surface area contributed by atoms with Gasteiger partial charge >= 0.3 is 0 Å². The normalized spacial score (nSPS) is 14.5. The third kappa shape index (κ3) is 2.64. The molecule has 1 aromatic heterocycles. The summed E-state index contributed by atoms with van der Waals surface area (Å²) in [6, 6.07) is 5.59. The van der Waals surface area contributed by atoms with Crippen LogP contribution in [-0.2, 0) is 7.05 Å². The molecule has 22 heavy (non-hydrogen) atoms. The van der Waals surface area contributed by atoms with E-state index in [0.717, 1.165) is 22.8 Å². The van der Waals surface area contributed by atoms with Crippen LogP contribution in [0, 0.1) is 6.92 Å². The number of carbonyl (C=O) groups excluding carboxylic acids is 1. The second-order valence-corrected chi connectivity index (χ2v) is 5.37. The van der Waals surface area contributed by atoms with E-state index in [1.54, 1.807) is 10.9 Å². The van der Waals surface area contributed by atoms with Crippen molar-refractivity contribution in [3.63, 3.8) is 0 Å². The smallest absolute Gasteiger partial charge is 0.255 e. The van der Waals surface area contributed by atoms with E-state index in [9.17, 15) is 4.79 Å². The van der Waals surface area contributed by atoms with Crippen molar-refractivity contribution >= 4 is 5.91 Å². The number of nitrogens with one attached hydrogen (secondary N) is 1. The Hall–Kier alpha value is -2.50. The highest BCUT2D eigenvalue weighted by atomic mass is 16.6. The molecule has 0 saturated heterocycles. The van der Waals surface area contributed by atoms with Gasteiger partial charge in [0.05, 0.1) is 17.8 Å². The molecule has 1 aliphatic rings. The van der Waals surface area contributed by atoms with E-state index in [1.165, 1.54) is 0 Å². The number of ether oxygens (including phenoxy) is 2. The minimum Gasteiger partial charge on any atom is -0.486 e. The first-order valence-electron chi connectivity index (χ1n) is 7.25. The lowest BCUT2D eigenvalue weighted by atomic mass is 10.1. The van der Waals surface area contributed by atoms with Gasteiger partial charge in [-0.3, -0.25) is 9.48 Å². The molecule has 0 unspecified atom stereocenters. The summed E-state index contributed by atoms with van der Waals surface area (Å²) in [4.78, 5) is 12.3. The van der Waals surface area contributed by atoms with Gasteiger partial charge in [0, 0.05) is 12.7 Å². The van der Waals surface area contributed by atoms with Crippen LogP contribution in [-0.4, -0.2) is 28.9 Å². The molecule has 0 spiro atoms. The molecule has 0 fully saturated rings. The molecule has 0 radical (unpaired) electrons. The van der Waals surface area contributed by atoms with Crippen LogP contribution in [0.4, 0.5) is 0 Å². The maximum absolute atomic E-state index is 12.3. The van der Waals surface area contributed by atoms with Crippen LogP contribution in [0.1, 0.15) is 34.6 Å². The molecule has 6 nitrogen and oxygen atoms in total. The first kappa shape index (κ1) is 14.4. The van der Waals surface area contributed by atoms with E-state index >= 15 is 0 Å². The highest BCUT2D eigenvalue weighted by Gasteiger charge is 2.18. The number of aromatic nitrogens is 2. The van der Waals surface area contributed by atoms with Crippen molar-refractivity contribution in [2.45, 2.75) is 19.9 Å². The summed E-state index contributed by atoms with van der Waals surface area (Å²) in [5, 5.41) is 7.08. The molecule has 0 saturated carbocycles. The minimum atomic E-state index is -0.136. The van der Waals surface area contributed by atoms with Crippen LogP contribution in [0.25, 0.3) is 0 Å². The number of hydrogen-bond donors (Lipinski definition) is 1. The molecule has 2 aromatic rings. The van der Waals surface area contributed by atoms with Crippen LogP contribution in [0.15, 0.2) is 24.4 Å². The Kier molecular flexibility index (Phi) is 3.75. The van der Waals surface area contributed by atoms with Crippen LogP contribution in [0.3, 0.4) is 0 Å². The predicted octanol–water partition coefficient (Wildman–Crippen LogP) is 1.99. The third-order valence-corrected chi connectivity index (χ3v) is 3.89. The van der Waals surface area contributed by atoms with Gasteiger partial charge in [0.2, 0.25) is 0 Å². The van der Waals surface area contributed by atoms with Crippen molar-refractivity contribution < 1.29 is 14.3 Å². The Morgan fingerprint density at radius 2 is 2.05 bits per heavy atom. The van der Waals surface area contributed by atoms with Gasteiger partial charge in [-0.05, 0) is 31.5 Å². The van der Waals surface area contributed by atoms with E-state index in [1.807, 2.05) is 39.1 Å². The topological polar surface area (TPSA) is 65.4 Å². The number of rotatable bonds is 3. The molecule has 1 aromatic carbocycles. The Morgan fingerprint density at radius 1 is 1.32 bits per heavy atom. The molecule has 116 valence electrons. The quantitative estimate of drug-likeness (QED) is 0.941. The molecule has 0 aliphatic carbocycles. The number of benzene rings is 1. The largest absolute Gasteiger partial charge is 0.486 e. The lowest BCUT2D eigenvalue weighted by Gasteiger charge is -2.21. The highest BCUT2D eigenvalue weighted by molar-refractivity contribution is 5.95. The monoisotopic (exact) mass is 301 g/mol. The maximum Gasteiger partial charge on any atom is 0.255 e. The summed E-state index contributed by atoms with van der Waals surface area (Å²) in [5.74, 6) is 1.34. The van der Waals surface area contributed by atoms with Crippen molar-refractivity contribution in [3.8, 4) is 11.5 Å². The summed E-state index contributed by atoms with van der Waals surface area (Å²) in [7, 11) is 1.82. The first-order chi connectivity index (χ1) is 10.6. The highest BCUT2D eigenvalue weighted by Crippen LogP contribution is 2.32. The van der Waals surface area contributed by atoms with E-state index < -0.39 is 0 Å². The van der Waals surface area contributed by atoms with E-state index in [2.05, 4.69) is 10.4 Å². The van der Waals surface area contributed by atoms with Crippen LogP contribution in [0.2, 0.25) is 0 Å². The number of hydrogen-bond acceptors (Lipinski definition) is 4. The SMILES string of the molecule is Cc1c(C(=O)N[C@H](C)c2ccc3c(c2)OCCO3)cnn1C. The lowest BCUT2D eigenvalue weighted by Crippen LogP contribution is -2.27. The Labute approximate surface area is 129 Å². The number of fused-ring (bicyclic) bond motifs is 1. The van der Waals surface area contributed by atoms with Gasteiger partial charge in [-0.15, -0.1) is 0 Å². The summed E-state index contributed by atoms with van der Waals surface area (Å²) in [6.45, 7) is 4.93. The fourth-order valence-electron chi connectivity index (χ4n) is 2.41. The molecule has 1 atom stereocenters. The second-order valence-electron chi connectivity index (χ2n) is 5.37. The van der Waals surface area contributed by atoms with E-state index in [4.69, 9.17) is 9.47 Å². The zero-order valence-corrected chi connectivity index (χ0v) is 12.9. The molecule has 2 heterocycles. The zero-order valence-electron chi connectivity index (χ0n) is 12.9. The zero-order chi connectivity index (χ0) is 15.7. The fourth-order valence-corrected chi connectivity index (χ4v) is 2.41. The first-order valence-corrected chi connectivity index (χ1v) is 7.25. The minimum absolute atomic E-state index is 0.131. The molecule has 0 bridgehead atoms. The van der Waals surface area contributed by atoms with Gasteiger partial charge in [0.1, 0.15) is 13.2 Å². The fraction of sp³-hybridized carbons (Fsp3) is 0.375. The summed E-state index contributed by atoms with van der Waals surface area (Å²) in [6.07, 6.45) is 1.58. The Morgan fingerprint density at radius 3 is 2.73 bits per heavy atom. The number of amides is 1. The molecule has 1 aliphatic heterocycles. The standard InChI is InChI=1S/C16H19N3O3/c1-10(18-16(20)13-9-17-19(3)11(13)2)12-4-5-14-15(8-12)22-7-6-21-14/h4-5,8-10H,6-7H2,1-3H3,(H,18,20)/t10-/m1/s1. The summed E-state index contributed by atoms with van der Waals surface area (Å²) in [5.41, 5.74) is 2.40. The summed E-state index contributed by atoms with van der Waals surface area (Å²) < 4.78 is 12.8. The molecule has 6 heteroatoms. The van der Waals surface area contributed by atoms with Crippen LogP contribution < -0.4 is 14.8 Å². The van der Waals surface area contributed by atoms with Crippen molar-refractivity contribution in [1.29, 1.82) is 0 Å². The van der Waals surface area contributed by atoms with Crippen molar-refractivity contribution in [2.24, 2.45) is 7.05 Å². The Balaban J connectivity index is 1.75. The molecule has 1 N–H and O–H groups in total. The molecular weight excluding hydrogens is 282 g/mol. The average molecular weight is 301 g/mol. The number of nitrogens with zero attached hydrogens (tertiary/aromatic N) is 2. The molecule has 3 rings (SSSR count). The van der Waals surface area contributed by atoms with Gasteiger partial charge in [0.15, 0.2) is 11.5 Å². The number of aryl methyl sites for hydroxylation is 1. The molecule has 1 amide bonds. The lowest BCUT2D eigenvalue weighted by molar-refractivity contribution is 0.0939. The Bertz CT molecular complexity index is 709. The van der Waals surface area contributed by atoms with Gasteiger partial charge in [0.25, 0.3) is 5.91 Å². The van der Waals surface area contributed by atoms with E-state index in [-0.39, 0.29) is 11.9 Å². The van der Waals surface area contributed by atoms with Gasteiger partial charge in [-0.25, -0.2) is 0 Å². The summed E-state index contributed by atoms with van der Waals surface area (Å²) >= 11 is 0. The van der Waals surface area contributed by atoms with Crippen LogP contribution in [0.5, 0.6) is 11.5 Å². The van der Waals surface area contributed by atoms with Gasteiger partial charge < -0.3 is 14.8 Å².